The van der Waals surface area contributed by atoms with Crippen molar-refractivity contribution < 1.29 is 86.1 Å². The number of rotatable bonds is 16. The fourth-order valence-electron chi connectivity index (χ4n) is 2.90. The van der Waals surface area contributed by atoms with Crippen molar-refractivity contribution in [3.05, 3.63) is 83.6 Å². The number of hydrogen-bond donors (Lipinski definition) is 0. The van der Waals surface area contributed by atoms with E-state index in [0.717, 1.165) is 56.1 Å². The zero-order chi connectivity index (χ0) is 30.1. The van der Waals surface area contributed by atoms with Gasteiger partial charge in [0.1, 0.15) is 0 Å². The topological polar surface area (TPSA) is 108 Å². The number of allylic oxidation sites excluding steroid dienone is 11. The van der Waals surface area contributed by atoms with Crippen molar-refractivity contribution in [2.24, 2.45) is 0 Å². The molecule has 0 aliphatic heterocycles. The van der Waals surface area contributed by atoms with Gasteiger partial charge in [-0.15, -0.1) is 12.6 Å². The van der Waals surface area contributed by atoms with Crippen LogP contribution in [0.25, 0.3) is 0 Å². The molecule has 0 aromatic heterocycles. The van der Waals surface area contributed by atoms with E-state index in [1.807, 2.05) is 6.08 Å². The Bertz CT molecular complexity index is 1060. The molecule has 0 spiro atoms. The van der Waals surface area contributed by atoms with Crippen LogP contribution >= 0.6 is 0 Å². The summed E-state index contributed by atoms with van der Waals surface area (Å²) in [5, 5.41) is 0. The van der Waals surface area contributed by atoms with Gasteiger partial charge in [0.15, 0.2) is 0 Å². The molecule has 0 aromatic carbocycles. The first kappa shape index (κ1) is 49.4. The molecule has 40 heavy (non-hydrogen) atoms. The molecule has 0 N–H and O–H groups in total. The van der Waals surface area contributed by atoms with E-state index >= 15 is 0 Å². The van der Waals surface area contributed by atoms with Crippen molar-refractivity contribution in [3.8, 4) is 0 Å². The van der Waals surface area contributed by atoms with E-state index in [2.05, 4.69) is 85.6 Å². The fourth-order valence-corrected chi connectivity index (χ4v) is 3.44. The summed E-state index contributed by atoms with van der Waals surface area (Å²) in [6.45, 7) is 24.2. The molecule has 0 aliphatic rings. The summed E-state index contributed by atoms with van der Waals surface area (Å²) in [5.41, 5.74) is 7.50. The average Bonchev–Trinajstić information content (AvgIpc) is 2.76. The van der Waals surface area contributed by atoms with Crippen LogP contribution in [0.4, 0.5) is 0 Å². The molecule has 0 aromatic rings. The Kier molecular flexibility index (Phi) is 39.1. The minimum Gasteiger partial charge on any atom is -1.00 e. The van der Waals surface area contributed by atoms with Gasteiger partial charge in [-0.05, 0) is 99.3 Å². The van der Waals surface area contributed by atoms with Crippen molar-refractivity contribution in [3.63, 3.8) is 0 Å². The van der Waals surface area contributed by atoms with E-state index in [1.165, 1.54) is 28.7 Å². The Labute approximate surface area is 292 Å². The zero-order valence-corrected chi connectivity index (χ0v) is 32.0. The second-order valence-corrected chi connectivity index (χ2v) is 11.6. The van der Waals surface area contributed by atoms with Gasteiger partial charge >= 0.3 is 69.7 Å². The van der Waals surface area contributed by atoms with Gasteiger partial charge < -0.3 is 5.98 Å². The summed E-state index contributed by atoms with van der Waals surface area (Å²) >= 11 is 0. The standard InChI is InChI=1S/C15H26O3S.C15H24.2Na.O3S.H/c1-13(2)7-5-8-14(3)9-6-10-15(4)11-12-19(16,17)18;1-6-14(4)10-8-12-15(5)11-7-9-13(2)3;;;1-4(2)3;/h7,9H,4-6,8,10-12H2,1-3H3,(H,16,17,18);6,9,12H,1,4,7-8,10-11H2,2-3,5H3;;;;/q;;2*+1;;-1/p-1/b14-9+;15-12+;;;;. The molecule has 220 valence electrons. The average molecular weight is 617 g/mol. The summed E-state index contributed by atoms with van der Waals surface area (Å²) < 4.78 is 56.8. The first-order valence-electron chi connectivity index (χ1n) is 12.7. The monoisotopic (exact) mass is 616 g/mol. The van der Waals surface area contributed by atoms with Crippen molar-refractivity contribution in [1.82, 2.24) is 0 Å². The second kappa shape index (κ2) is 31.6. The summed E-state index contributed by atoms with van der Waals surface area (Å²) in [4.78, 5) is 0. The van der Waals surface area contributed by atoms with E-state index in [9.17, 15) is 13.0 Å². The van der Waals surface area contributed by atoms with Gasteiger partial charge in [0.25, 0.3) is 0 Å². The largest absolute Gasteiger partial charge is 1.00 e. The summed E-state index contributed by atoms with van der Waals surface area (Å²) in [5.74, 6) is -0.338. The molecule has 0 amide bonds. The molecule has 0 radical (unpaired) electrons. The molecule has 0 heterocycles. The SMILES string of the molecule is C=C(CC/C=C(\C)CCC=C(C)C)CCS(=O)(=O)[O-].C=CC(=C)CC/C=C(\C)CCC=C(C)C.O=S(=O)=O.[H-].[Na+].[Na+]. The van der Waals surface area contributed by atoms with Crippen LogP contribution < -0.4 is 59.1 Å². The van der Waals surface area contributed by atoms with Gasteiger partial charge in [0.05, 0.1) is 10.1 Å². The quantitative estimate of drug-likeness (QED) is 0.114. The predicted octanol–water partition coefficient (Wildman–Crippen LogP) is 2.27. The second-order valence-electron chi connectivity index (χ2n) is 9.65. The Morgan fingerprint density at radius 2 is 1.05 bits per heavy atom. The molecule has 0 aliphatic carbocycles. The van der Waals surface area contributed by atoms with Crippen LogP contribution in [0.15, 0.2) is 83.6 Å². The third-order valence-corrected chi connectivity index (χ3v) is 5.83. The Morgan fingerprint density at radius 1 is 0.700 bits per heavy atom. The van der Waals surface area contributed by atoms with Crippen LogP contribution in [0.5, 0.6) is 0 Å². The molecule has 0 bridgehead atoms. The third kappa shape index (κ3) is 50.5. The molecule has 0 saturated carbocycles. The first-order valence-corrected chi connectivity index (χ1v) is 15.3. The maximum absolute atomic E-state index is 10.5. The predicted molar refractivity (Wildman–Crippen MR) is 162 cm³/mol. The third-order valence-electron chi connectivity index (χ3n) is 5.13. The van der Waals surface area contributed by atoms with Gasteiger partial charge in [0, 0.05) is 5.75 Å². The van der Waals surface area contributed by atoms with Gasteiger partial charge in [-0.2, -0.15) is 0 Å². The van der Waals surface area contributed by atoms with E-state index in [4.69, 9.17) is 12.6 Å². The normalized spacial score (nSPS) is 10.6. The first-order chi connectivity index (χ1) is 17.5. The van der Waals surface area contributed by atoms with Crippen molar-refractivity contribution in [2.75, 3.05) is 5.75 Å². The molecule has 0 unspecified atom stereocenters. The number of hydrogen-bond acceptors (Lipinski definition) is 6. The van der Waals surface area contributed by atoms with Crippen LogP contribution in [-0.2, 0) is 20.7 Å². The molecular formula is C30H50Na2O6S2. The van der Waals surface area contributed by atoms with E-state index in [0.29, 0.717) is 0 Å². The fraction of sp³-hybridized carbons (Fsp3) is 0.533. The van der Waals surface area contributed by atoms with Crippen molar-refractivity contribution in [1.29, 1.82) is 0 Å². The van der Waals surface area contributed by atoms with E-state index in [1.54, 1.807) is 0 Å². The molecule has 0 saturated heterocycles. The Balaban J connectivity index is -0.000000126. The zero-order valence-electron chi connectivity index (χ0n) is 27.3. The molecule has 0 fully saturated rings. The molecule has 6 nitrogen and oxygen atoms in total. The van der Waals surface area contributed by atoms with Crippen LogP contribution in [-0.4, -0.2) is 31.4 Å². The van der Waals surface area contributed by atoms with E-state index in [-0.39, 0.29) is 72.7 Å². The summed E-state index contributed by atoms with van der Waals surface area (Å²) in [7, 11) is -7.22. The smallest absolute Gasteiger partial charge is 1.00 e. The van der Waals surface area contributed by atoms with Crippen molar-refractivity contribution >= 4 is 20.7 Å². The van der Waals surface area contributed by atoms with Gasteiger partial charge in [-0.1, -0.05) is 83.6 Å². The van der Waals surface area contributed by atoms with Crippen molar-refractivity contribution in [2.45, 2.75) is 99.3 Å². The maximum Gasteiger partial charge on any atom is 1.00 e. The molecule has 10 heteroatoms. The summed E-state index contributed by atoms with van der Waals surface area (Å²) in [6, 6.07) is 0. The molecule has 0 atom stereocenters. The molecular weight excluding hydrogens is 566 g/mol. The van der Waals surface area contributed by atoms with E-state index < -0.39 is 20.7 Å². The summed E-state index contributed by atoms with van der Waals surface area (Å²) in [6.07, 6.45) is 19.3. The van der Waals surface area contributed by atoms with Crippen LogP contribution in [0.3, 0.4) is 0 Å². The van der Waals surface area contributed by atoms with Gasteiger partial charge in [-0.3, -0.25) is 0 Å². The van der Waals surface area contributed by atoms with Gasteiger partial charge in [-0.25, -0.2) is 8.42 Å². The van der Waals surface area contributed by atoms with Crippen LogP contribution in [0.1, 0.15) is 101 Å². The van der Waals surface area contributed by atoms with Gasteiger partial charge in [0.2, 0.25) is 0 Å². The minimum atomic E-state index is -4.11. The van der Waals surface area contributed by atoms with Crippen LogP contribution in [0, 0.1) is 0 Å². The Morgan fingerprint density at radius 3 is 1.38 bits per heavy atom. The minimum absolute atomic E-state index is 0. The molecule has 0 rings (SSSR count). The van der Waals surface area contributed by atoms with Crippen LogP contribution in [0.2, 0.25) is 0 Å². The maximum atomic E-state index is 10.5. The Hall–Kier alpha value is -0.290.